The fourth-order valence-electron chi connectivity index (χ4n) is 2.60. The zero-order chi connectivity index (χ0) is 13.9. The Labute approximate surface area is 114 Å². The van der Waals surface area contributed by atoms with Gasteiger partial charge in [-0.15, -0.1) is 0 Å². The second kappa shape index (κ2) is 6.17. The van der Waals surface area contributed by atoms with Crippen molar-refractivity contribution in [2.75, 3.05) is 39.3 Å². The number of hydrogen-bond acceptors (Lipinski definition) is 4. The predicted molar refractivity (Wildman–Crippen MR) is 71.8 cm³/mol. The lowest BCUT2D eigenvalue weighted by Gasteiger charge is -2.37. The molecule has 2 N–H and O–H groups in total. The van der Waals surface area contributed by atoms with Crippen LogP contribution in [0.15, 0.2) is 0 Å². The molecule has 110 valence electrons. The van der Waals surface area contributed by atoms with Gasteiger partial charge in [-0.3, -0.25) is 4.79 Å². The maximum Gasteiger partial charge on any atom is 0.282 e. The molecule has 0 aromatic rings. The molecule has 1 amide bonds. The van der Waals surface area contributed by atoms with Crippen molar-refractivity contribution in [1.29, 1.82) is 0 Å². The summed E-state index contributed by atoms with van der Waals surface area (Å²) in [5.74, 6) is -0.105. The molecule has 0 saturated carbocycles. The molecular formula is C11H22N4O3S. The maximum absolute atomic E-state index is 12.5. The molecule has 2 heterocycles. The van der Waals surface area contributed by atoms with Crippen molar-refractivity contribution in [2.45, 2.75) is 25.8 Å². The zero-order valence-corrected chi connectivity index (χ0v) is 12.1. The van der Waals surface area contributed by atoms with Gasteiger partial charge in [0.25, 0.3) is 10.2 Å². The van der Waals surface area contributed by atoms with Crippen molar-refractivity contribution in [3.63, 3.8) is 0 Å². The van der Waals surface area contributed by atoms with Crippen LogP contribution in [0, 0.1) is 0 Å². The van der Waals surface area contributed by atoms with E-state index in [9.17, 15) is 13.2 Å². The first-order valence-corrected chi connectivity index (χ1v) is 8.13. The van der Waals surface area contributed by atoms with Gasteiger partial charge in [-0.05, 0) is 12.8 Å². The van der Waals surface area contributed by atoms with Crippen molar-refractivity contribution in [2.24, 2.45) is 0 Å². The first-order valence-electron chi connectivity index (χ1n) is 6.73. The van der Waals surface area contributed by atoms with E-state index in [-0.39, 0.29) is 11.9 Å². The van der Waals surface area contributed by atoms with Gasteiger partial charge in [0.1, 0.15) is 0 Å². The van der Waals surface area contributed by atoms with E-state index in [2.05, 4.69) is 10.6 Å². The minimum Gasteiger partial charge on any atom is -0.352 e. The highest BCUT2D eigenvalue weighted by Crippen LogP contribution is 2.17. The van der Waals surface area contributed by atoms with Crippen LogP contribution in [0.3, 0.4) is 0 Å². The third-order valence-electron chi connectivity index (χ3n) is 3.52. The SMILES string of the molecule is CC(=O)NC1CCCN(S(=O)(=O)N2CCNCC2)C1. The predicted octanol–water partition coefficient (Wildman–Crippen LogP) is -1.26. The minimum atomic E-state index is -3.38. The van der Waals surface area contributed by atoms with Crippen LogP contribution in [0.25, 0.3) is 0 Å². The molecule has 2 fully saturated rings. The molecule has 0 spiro atoms. The smallest absolute Gasteiger partial charge is 0.282 e. The van der Waals surface area contributed by atoms with E-state index in [1.165, 1.54) is 15.5 Å². The van der Waals surface area contributed by atoms with E-state index in [1.807, 2.05) is 0 Å². The maximum atomic E-state index is 12.5. The molecular weight excluding hydrogens is 268 g/mol. The molecule has 0 radical (unpaired) electrons. The van der Waals surface area contributed by atoms with Crippen LogP contribution in [0.5, 0.6) is 0 Å². The number of rotatable bonds is 3. The van der Waals surface area contributed by atoms with E-state index in [0.29, 0.717) is 39.3 Å². The number of carbonyl (C=O) groups is 1. The Morgan fingerprint density at radius 1 is 1.21 bits per heavy atom. The number of nitrogens with zero attached hydrogens (tertiary/aromatic N) is 2. The fraction of sp³-hybridized carbons (Fsp3) is 0.909. The van der Waals surface area contributed by atoms with Gasteiger partial charge in [0, 0.05) is 52.2 Å². The van der Waals surface area contributed by atoms with E-state index in [0.717, 1.165) is 12.8 Å². The first kappa shape index (κ1) is 14.7. The Kier molecular flexibility index (Phi) is 4.77. The Morgan fingerprint density at radius 3 is 2.53 bits per heavy atom. The van der Waals surface area contributed by atoms with Crippen molar-refractivity contribution >= 4 is 16.1 Å². The molecule has 2 aliphatic heterocycles. The number of piperazine rings is 1. The van der Waals surface area contributed by atoms with Crippen molar-refractivity contribution in [1.82, 2.24) is 19.2 Å². The largest absolute Gasteiger partial charge is 0.352 e. The Hall–Kier alpha value is -0.700. The molecule has 19 heavy (non-hydrogen) atoms. The van der Waals surface area contributed by atoms with Crippen LogP contribution in [-0.2, 0) is 15.0 Å². The van der Waals surface area contributed by atoms with Gasteiger partial charge in [-0.25, -0.2) is 0 Å². The quantitative estimate of drug-likeness (QED) is 0.679. The van der Waals surface area contributed by atoms with Crippen LogP contribution in [0.2, 0.25) is 0 Å². The highest BCUT2D eigenvalue weighted by atomic mass is 32.2. The summed E-state index contributed by atoms with van der Waals surface area (Å²) < 4.78 is 28.0. The average molecular weight is 290 g/mol. The average Bonchev–Trinajstić information content (AvgIpc) is 2.39. The molecule has 0 aromatic heterocycles. The fourth-order valence-corrected chi connectivity index (χ4v) is 4.29. The van der Waals surface area contributed by atoms with Gasteiger partial charge in [0.15, 0.2) is 0 Å². The molecule has 0 aliphatic carbocycles. The third kappa shape index (κ3) is 3.65. The normalized spacial score (nSPS) is 27.1. The zero-order valence-electron chi connectivity index (χ0n) is 11.3. The topological polar surface area (TPSA) is 81.8 Å². The Balaban J connectivity index is 2.00. The van der Waals surface area contributed by atoms with Crippen LogP contribution in [0.4, 0.5) is 0 Å². The summed E-state index contributed by atoms with van der Waals surface area (Å²) in [6.45, 7) is 4.82. The van der Waals surface area contributed by atoms with E-state index in [4.69, 9.17) is 0 Å². The number of amides is 1. The molecule has 7 nitrogen and oxygen atoms in total. The molecule has 2 aliphatic rings. The van der Waals surface area contributed by atoms with Crippen LogP contribution in [0.1, 0.15) is 19.8 Å². The van der Waals surface area contributed by atoms with Crippen LogP contribution < -0.4 is 10.6 Å². The van der Waals surface area contributed by atoms with Gasteiger partial charge in [0.05, 0.1) is 0 Å². The lowest BCUT2D eigenvalue weighted by molar-refractivity contribution is -0.119. The van der Waals surface area contributed by atoms with Crippen molar-refractivity contribution in [3.8, 4) is 0 Å². The molecule has 0 bridgehead atoms. The number of hydrogen-bond donors (Lipinski definition) is 2. The standard InChI is InChI=1S/C11H22N4O3S/c1-10(16)13-11-3-2-6-15(9-11)19(17,18)14-7-4-12-5-8-14/h11-12H,2-9H2,1H3,(H,13,16). The summed E-state index contributed by atoms with van der Waals surface area (Å²) in [5.41, 5.74) is 0. The monoisotopic (exact) mass is 290 g/mol. The van der Waals surface area contributed by atoms with E-state index in [1.54, 1.807) is 0 Å². The second-order valence-electron chi connectivity index (χ2n) is 5.05. The number of nitrogens with one attached hydrogen (secondary N) is 2. The minimum absolute atomic E-state index is 0.0658. The molecule has 2 rings (SSSR count). The van der Waals surface area contributed by atoms with E-state index < -0.39 is 10.2 Å². The summed E-state index contributed by atoms with van der Waals surface area (Å²) in [5, 5.41) is 5.95. The third-order valence-corrected chi connectivity index (χ3v) is 5.52. The van der Waals surface area contributed by atoms with Crippen LogP contribution >= 0.6 is 0 Å². The van der Waals surface area contributed by atoms with Crippen molar-refractivity contribution in [3.05, 3.63) is 0 Å². The van der Waals surface area contributed by atoms with Gasteiger partial charge in [-0.1, -0.05) is 0 Å². The van der Waals surface area contributed by atoms with Crippen LogP contribution in [-0.4, -0.2) is 68.2 Å². The van der Waals surface area contributed by atoms with E-state index >= 15 is 0 Å². The highest BCUT2D eigenvalue weighted by molar-refractivity contribution is 7.86. The Bertz CT molecular complexity index is 420. The van der Waals surface area contributed by atoms with Gasteiger partial charge in [-0.2, -0.15) is 17.0 Å². The molecule has 8 heteroatoms. The summed E-state index contributed by atoms with van der Waals surface area (Å²) in [7, 11) is -3.38. The molecule has 1 atom stereocenters. The first-order chi connectivity index (χ1) is 9.00. The van der Waals surface area contributed by atoms with Gasteiger partial charge >= 0.3 is 0 Å². The number of piperidine rings is 1. The molecule has 2 saturated heterocycles. The number of carbonyl (C=O) groups excluding carboxylic acids is 1. The van der Waals surface area contributed by atoms with Gasteiger partial charge < -0.3 is 10.6 Å². The Morgan fingerprint density at radius 2 is 1.89 bits per heavy atom. The molecule has 1 unspecified atom stereocenters. The summed E-state index contributed by atoms with van der Waals surface area (Å²) in [6.07, 6.45) is 1.63. The second-order valence-corrected chi connectivity index (χ2v) is 6.98. The summed E-state index contributed by atoms with van der Waals surface area (Å²) in [6, 6.07) is -0.0658. The van der Waals surface area contributed by atoms with Crippen molar-refractivity contribution < 1.29 is 13.2 Å². The summed E-state index contributed by atoms with van der Waals surface area (Å²) in [4.78, 5) is 11.1. The lowest BCUT2D eigenvalue weighted by atomic mass is 10.1. The van der Waals surface area contributed by atoms with Gasteiger partial charge in [0.2, 0.25) is 5.91 Å². The summed E-state index contributed by atoms with van der Waals surface area (Å²) >= 11 is 0. The molecule has 0 aromatic carbocycles. The highest BCUT2D eigenvalue weighted by Gasteiger charge is 2.34. The lowest BCUT2D eigenvalue weighted by Crippen LogP contribution is -2.56.